The summed E-state index contributed by atoms with van der Waals surface area (Å²) in [6.45, 7) is -0.403. The highest BCUT2D eigenvalue weighted by Crippen LogP contribution is 2.55. The Balaban J connectivity index is 0.886. The number of benzene rings is 15. The Morgan fingerprint density at radius 1 is 0.295 bits per heavy atom. The summed E-state index contributed by atoms with van der Waals surface area (Å²) in [7, 11) is 0. The van der Waals surface area contributed by atoms with Gasteiger partial charge in [0.15, 0.2) is 0 Å². The molecule has 6 heterocycles. The summed E-state index contributed by atoms with van der Waals surface area (Å²) in [5.74, 6) is 0. The normalized spacial score (nSPS) is 12.8. The number of hydrogen-bond donors (Lipinski definition) is 0. The molecule has 105 heavy (non-hydrogen) atoms. The molecule has 10 heteroatoms. The Hall–Kier alpha value is -12.9. The number of nitrogens with zero attached hydrogens (tertiary/aromatic N) is 6. The SMILES string of the molecule is c1ccc(-c2cccc(-c3ccccc3)c2N2c3cc4c(cc3B3c5ccccc5N(c5ccccc5)c5cc(N(c6ccccc6)c6ccccc6)cc2c53)B2c3ccccc3N(c3ccccc3-c3ccccn3)c3cc(N(c5ccccc5)c5cccc6sc7ccccc7c56)cc(c32)S4)cc1. The zero-order chi connectivity index (χ0) is 69.1. The largest absolute Gasteiger partial charge is 0.311 e. The van der Waals surface area contributed by atoms with E-state index >= 15 is 0 Å². The van der Waals surface area contributed by atoms with E-state index in [0.717, 1.165) is 119 Å². The lowest BCUT2D eigenvalue weighted by atomic mass is 9.31. The van der Waals surface area contributed by atoms with Crippen LogP contribution in [-0.2, 0) is 0 Å². The van der Waals surface area contributed by atoms with Crippen molar-refractivity contribution in [2.24, 2.45) is 0 Å². The Bertz CT molecular complexity index is 6150. The van der Waals surface area contributed by atoms with E-state index in [-0.39, 0.29) is 13.4 Å². The molecule has 0 fully saturated rings. The second-order valence-electron chi connectivity index (χ2n) is 27.2. The lowest BCUT2D eigenvalue weighted by molar-refractivity contribution is 1.22. The number of anilines is 15. The van der Waals surface area contributed by atoms with Crippen molar-refractivity contribution in [1.29, 1.82) is 0 Å². The molecular formula is C95H62B2N6S2. The quantitative estimate of drug-likeness (QED) is 0.113. The Kier molecular flexibility index (Phi) is 14.5. The molecule has 0 spiro atoms. The molecule has 21 rings (SSSR count). The van der Waals surface area contributed by atoms with Gasteiger partial charge < -0.3 is 24.5 Å². The van der Waals surface area contributed by atoms with Gasteiger partial charge in [0.1, 0.15) is 0 Å². The molecule has 0 N–H and O–H groups in total. The number of rotatable bonds is 12. The molecule has 4 aliphatic rings. The number of thiophene rings is 1. The van der Waals surface area contributed by atoms with Crippen LogP contribution in [0.4, 0.5) is 85.3 Å². The van der Waals surface area contributed by atoms with Gasteiger partial charge in [-0.1, -0.05) is 260 Å². The van der Waals surface area contributed by atoms with E-state index < -0.39 is 0 Å². The van der Waals surface area contributed by atoms with Crippen molar-refractivity contribution in [3.8, 4) is 33.5 Å². The van der Waals surface area contributed by atoms with Crippen molar-refractivity contribution in [1.82, 2.24) is 4.98 Å². The van der Waals surface area contributed by atoms with Crippen molar-refractivity contribution < 1.29 is 0 Å². The van der Waals surface area contributed by atoms with E-state index in [4.69, 9.17) is 4.98 Å². The number of pyridine rings is 1. The molecule has 0 unspecified atom stereocenters. The first-order valence-corrected chi connectivity index (χ1v) is 37.5. The number of hydrogen-bond acceptors (Lipinski definition) is 8. The average molecular weight is 1370 g/mol. The van der Waals surface area contributed by atoms with Gasteiger partial charge in [-0.05, 0) is 166 Å². The molecule has 0 saturated carbocycles. The predicted octanol–water partition coefficient (Wildman–Crippen LogP) is 22.2. The molecule has 15 aromatic carbocycles. The van der Waals surface area contributed by atoms with E-state index in [1.807, 2.05) is 35.4 Å². The van der Waals surface area contributed by atoms with Crippen LogP contribution in [0.15, 0.2) is 386 Å². The predicted molar refractivity (Wildman–Crippen MR) is 447 cm³/mol. The van der Waals surface area contributed by atoms with Crippen LogP contribution in [0.3, 0.4) is 0 Å². The zero-order valence-corrected chi connectivity index (χ0v) is 58.6. The minimum atomic E-state index is -0.216. The van der Waals surface area contributed by atoms with E-state index in [1.165, 1.54) is 62.7 Å². The minimum absolute atomic E-state index is 0.187. The highest BCUT2D eigenvalue weighted by atomic mass is 32.2. The third kappa shape index (κ3) is 9.85. The van der Waals surface area contributed by atoms with Gasteiger partial charge in [0.05, 0.1) is 28.4 Å². The topological polar surface area (TPSA) is 29.1 Å². The van der Waals surface area contributed by atoms with Crippen molar-refractivity contribution in [3.63, 3.8) is 0 Å². The molecule has 2 aromatic heterocycles. The Morgan fingerprint density at radius 2 is 0.790 bits per heavy atom. The van der Waals surface area contributed by atoms with Crippen LogP contribution in [0.2, 0.25) is 0 Å². The fourth-order valence-electron chi connectivity index (χ4n) is 17.2. The Morgan fingerprint density at radius 3 is 1.44 bits per heavy atom. The van der Waals surface area contributed by atoms with E-state index in [2.05, 4.69) is 388 Å². The van der Waals surface area contributed by atoms with Gasteiger partial charge in [-0.2, -0.15) is 0 Å². The lowest BCUT2D eigenvalue weighted by Crippen LogP contribution is -2.64. The monoisotopic (exact) mass is 1370 g/mol. The van der Waals surface area contributed by atoms with Crippen LogP contribution in [-0.4, -0.2) is 18.4 Å². The van der Waals surface area contributed by atoms with Gasteiger partial charge in [-0.3, -0.25) is 4.98 Å². The zero-order valence-electron chi connectivity index (χ0n) is 57.0. The number of para-hydroxylation sites is 8. The first-order chi connectivity index (χ1) is 52.1. The smallest absolute Gasteiger partial charge is 0.252 e. The summed E-state index contributed by atoms with van der Waals surface area (Å²) in [4.78, 5) is 20.2. The molecule has 0 atom stereocenters. The summed E-state index contributed by atoms with van der Waals surface area (Å²) in [6, 6.07) is 137. The van der Waals surface area contributed by atoms with Gasteiger partial charge in [0.2, 0.25) is 6.71 Å². The standard InChI is InChI=1S/C95H62B2N6S2/c1-7-31-63(32-8-1)71-45-29-46-72(64-33-9-2-10-34-64)95(71)103-84-62-90-78(61-77(84)96-75-47-21-24-51-81(75)101(68-41-17-6-18-42-68)85-57-69(58-86(103)93(85)96)99(65-35-11-3-12-36-65)66-37-13-4-14-38-66)97-76-48-22-25-52-82(76)102(80-50-23-19-43-73(80)79-49-27-28-56-98-79)87-59-70(60-91(105-90)94(87)97)100(67-39-15-5-16-40-67)83-53-30-55-89-92(83)74-44-20-26-54-88(74)104-89/h1-62H. The van der Waals surface area contributed by atoms with Crippen LogP contribution in [0.5, 0.6) is 0 Å². The molecule has 4 aliphatic heterocycles. The molecule has 0 saturated heterocycles. The lowest BCUT2D eigenvalue weighted by Gasteiger charge is -2.46. The van der Waals surface area contributed by atoms with Crippen LogP contribution in [0.25, 0.3) is 53.7 Å². The van der Waals surface area contributed by atoms with Crippen LogP contribution in [0.1, 0.15) is 0 Å². The molecular weight excluding hydrogens is 1310 g/mol. The first kappa shape index (κ1) is 60.9. The van der Waals surface area contributed by atoms with Gasteiger partial charge in [-0.25, -0.2) is 0 Å². The fourth-order valence-corrected chi connectivity index (χ4v) is 19.5. The van der Waals surface area contributed by atoms with Crippen molar-refractivity contribution in [3.05, 3.63) is 376 Å². The van der Waals surface area contributed by atoms with E-state index in [1.54, 1.807) is 0 Å². The minimum Gasteiger partial charge on any atom is -0.311 e. The van der Waals surface area contributed by atoms with Gasteiger partial charge >= 0.3 is 0 Å². The summed E-state index contributed by atoms with van der Waals surface area (Å²) < 4.78 is 2.51. The van der Waals surface area contributed by atoms with Gasteiger partial charge in [0.25, 0.3) is 6.71 Å². The molecule has 0 amide bonds. The van der Waals surface area contributed by atoms with Crippen LogP contribution >= 0.6 is 23.1 Å². The summed E-state index contributed by atoms with van der Waals surface area (Å²) in [5, 5.41) is 2.49. The van der Waals surface area contributed by atoms with E-state index in [9.17, 15) is 0 Å². The average Bonchev–Trinajstić information content (AvgIpc) is 1.19. The molecule has 490 valence electrons. The van der Waals surface area contributed by atoms with Crippen molar-refractivity contribution in [2.75, 3.05) is 24.5 Å². The second kappa shape index (κ2) is 25.0. The van der Waals surface area contributed by atoms with Crippen LogP contribution in [0, 0.1) is 0 Å². The fraction of sp³-hybridized carbons (Fsp3) is 0. The molecule has 17 aromatic rings. The Labute approximate surface area is 619 Å². The third-order valence-corrected chi connectivity index (χ3v) is 23.7. The van der Waals surface area contributed by atoms with Crippen molar-refractivity contribution >= 4 is 175 Å². The van der Waals surface area contributed by atoms with Gasteiger partial charge in [-0.15, -0.1) is 11.3 Å². The van der Waals surface area contributed by atoms with Crippen LogP contribution < -0.4 is 57.3 Å². The maximum absolute atomic E-state index is 5.07. The van der Waals surface area contributed by atoms with E-state index in [0.29, 0.717) is 0 Å². The van der Waals surface area contributed by atoms with Crippen molar-refractivity contribution in [2.45, 2.75) is 9.79 Å². The molecule has 0 aliphatic carbocycles. The second-order valence-corrected chi connectivity index (χ2v) is 29.4. The third-order valence-electron chi connectivity index (χ3n) is 21.5. The molecule has 0 bridgehead atoms. The maximum Gasteiger partial charge on any atom is 0.252 e. The molecule has 6 nitrogen and oxygen atoms in total. The summed E-state index contributed by atoms with van der Waals surface area (Å²) in [6.07, 6.45) is 1.91. The maximum atomic E-state index is 5.07. The number of fused-ring (bicyclic) bond motifs is 11. The number of aromatic nitrogens is 1. The summed E-state index contributed by atoms with van der Waals surface area (Å²) >= 11 is 3.77. The summed E-state index contributed by atoms with van der Waals surface area (Å²) in [5.41, 5.74) is 30.5. The highest BCUT2D eigenvalue weighted by Gasteiger charge is 2.48. The van der Waals surface area contributed by atoms with Gasteiger partial charge in [0, 0.05) is 115 Å². The first-order valence-electron chi connectivity index (χ1n) is 35.9. The highest BCUT2D eigenvalue weighted by molar-refractivity contribution is 8.00. The molecule has 0 radical (unpaired) electrons.